The molecule has 0 aliphatic heterocycles. The Labute approximate surface area is 201 Å². The Morgan fingerprint density at radius 1 is 1.15 bits per heavy atom. The number of hydrogen-bond donors (Lipinski definition) is 0. The molecule has 0 amide bonds. The molecule has 0 bridgehead atoms. The van der Waals surface area contributed by atoms with Gasteiger partial charge < -0.3 is 18.5 Å². The molecule has 0 fully saturated rings. The number of halogens is 1. The highest BCUT2D eigenvalue weighted by atomic mass is 35.5. The monoisotopic (exact) mass is 485 g/mol. The molecule has 2 aromatic carbocycles. The highest BCUT2D eigenvalue weighted by Gasteiger charge is 2.23. The van der Waals surface area contributed by atoms with Crippen molar-refractivity contribution in [1.29, 1.82) is 0 Å². The summed E-state index contributed by atoms with van der Waals surface area (Å²) in [4.78, 5) is 12.5. The summed E-state index contributed by atoms with van der Waals surface area (Å²) in [5, 5.41) is 11.1. The number of furan rings is 1. The van der Waals surface area contributed by atoms with Crippen molar-refractivity contribution in [3.63, 3.8) is 0 Å². The molecule has 0 N–H and O–H groups in total. The van der Waals surface area contributed by atoms with E-state index >= 15 is 0 Å². The highest BCUT2D eigenvalue weighted by Crippen LogP contribution is 2.34. The Kier molecular flexibility index (Phi) is 7.69. The molecule has 0 atom stereocenters. The molecule has 7 nitrogen and oxygen atoms in total. The van der Waals surface area contributed by atoms with Crippen molar-refractivity contribution in [1.82, 2.24) is 14.8 Å². The van der Waals surface area contributed by atoms with Crippen LogP contribution < -0.4 is 0 Å². The van der Waals surface area contributed by atoms with Gasteiger partial charge in [-0.25, -0.2) is 4.79 Å². The number of carbonyl (C=O) groups excluding carboxylic acids is 1. The number of fused-ring (bicyclic) bond motifs is 1. The van der Waals surface area contributed by atoms with Crippen LogP contribution in [0.25, 0.3) is 22.4 Å². The van der Waals surface area contributed by atoms with Crippen LogP contribution in [-0.4, -0.2) is 41.1 Å². The molecule has 2 aromatic heterocycles. The number of para-hydroxylation sites is 1. The lowest BCUT2D eigenvalue weighted by Crippen LogP contribution is -2.07. The van der Waals surface area contributed by atoms with Crippen molar-refractivity contribution in [3.8, 4) is 11.4 Å². The number of methoxy groups -OCH3 is 1. The molecule has 0 unspecified atom stereocenters. The standard InChI is InChI=1S/C24H24ClN3O4S/c1-3-31-23(29)21-18(16-9-5-7-12-20(16)32-21)15-33-24-27-26-22(28(24)13-8-14-30-2)17-10-4-6-11-19(17)25/h4-7,9-12H,3,8,13-15H2,1-2H3. The van der Waals surface area contributed by atoms with Crippen LogP contribution in [0.2, 0.25) is 5.02 Å². The van der Waals surface area contributed by atoms with E-state index in [1.54, 1.807) is 14.0 Å². The first-order valence-corrected chi connectivity index (χ1v) is 12.0. The number of aromatic nitrogens is 3. The molecule has 0 saturated carbocycles. The number of thioether (sulfide) groups is 1. The van der Waals surface area contributed by atoms with E-state index in [1.165, 1.54) is 11.8 Å². The van der Waals surface area contributed by atoms with Gasteiger partial charge in [0.25, 0.3) is 0 Å². The lowest BCUT2D eigenvalue weighted by atomic mass is 10.1. The lowest BCUT2D eigenvalue weighted by molar-refractivity contribution is 0.0491. The molecule has 2 heterocycles. The van der Waals surface area contributed by atoms with Crippen molar-refractivity contribution in [2.75, 3.05) is 20.3 Å². The second kappa shape index (κ2) is 10.9. The van der Waals surface area contributed by atoms with E-state index in [0.29, 0.717) is 35.3 Å². The van der Waals surface area contributed by atoms with Crippen LogP contribution in [0.3, 0.4) is 0 Å². The Morgan fingerprint density at radius 3 is 2.73 bits per heavy atom. The van der Waals surface area contributed by atoms with Gasteiger partial charge in [0, 0.05) is 42.5 Å². The second-order valence-electron chi connectivity index (χ2n) is 7.20. The van der Waals surface area contributed by atoms with Gasteiger partial charge in [-0.15, -0.1) is 10.2 Å². The van der Waals surface area contributed by atoms with Crippen molar-refractivity contribution >= 4 is 40.3 Å². The molecule has 172 valence electrons. The summed E-state index contributed by atoms with van der Waals surface area (Å²) in [7, 11) is 1.68. The number of benzene rings is 2. The average Bonchev–Trinajstić information content (AvgIpc) is 3.39. The summed E-state index contributed by atoms with van der Waals surface area (Å²) in [6.07, 6.45) is 0.794. The highest BCUT2D eigenvalue weighted by molar-refractivity contribution is 7.98. The number of nitrogens with zero attached hydrogens (tertiary/aromatic N) is 3. The molecule has 0 aliphatic carbocycles. The molecular formula is C24H24ClN3O4S. The van der Waals surface area contributed by atoms with Gasteiger partial charge in [0.2, 0.25) is 5.76 Å². The summed E-state index contributed by atoms with van der Waals surface area (Å²) in [6.45, 7) is 3.33. The fourth-order valence-electron chi connectivity index (χ4n) is 3.55. The number of hydrogen-bond acceptors (Lipinski definition) is 7. The van der Waals surface area contributed by atoms with E-state index in [9.17, 15) is 4.79 Å². The van der Waals surface area contributed by atoms with E-state index in [4.69, 9.17) is 25.5 Å². The molecule has 0 aliphatic rings. The van der Waals surface area contributed by atoms with Gasteiger partial charge in [0.05, 0.1) is 11.6 Å². The van der Waals surface area contributed by atoms with E-state index in [1.807, 2.05) is 53.1 Å². The first-order chi connectivity index (χ1) is 16.1. The fourth-order valence-corrected chi connectivity index (χ4v) is 4.76. The third-order valence-electron chi connectivity index (χ3n) is 5.07. The van der Waals surface area contributed by atoms with Crippen molar-refractivity contribution < 1.29 is 18.7 Å². The van der Waals surface area contributed by atoms with Gasteiger partial charge in [-0.3, -0.25) is 0 Å². The summed E-state index contributed by atoms with van der Waals surface area (Å²) < 4.78 is 18.3. The van der Waals surface area contributed by atoms with E-state index < -0.39 is 5.97 Å². The number of carbonyl (C=O) groups is 1. The fraction of sp³-hybridized carbons (Fsp3) is 0.292. The van der Waals surface area contributed by atoms with E-state index in [0.717, 1.165) is 28.1 Å². The smallest absolute Gasteiger partial charge is 0.374 e. The van der Waals surface area contributed by atoms with Gasteiger partial charge in [-0.1, -0.05) is 53.7 Å². The largest absolute Gasteiger partial charge is 0.460 e. The topological polar surface area (TPSA) is 79.4 Å². The molecule has 0 spiro atoms. The predicted octanol–water partition coefficient (Wildman–Crippen LogP) is 5.85. The van der Waals surface area contributed by atoms with Gasteiger partial charge in [0.15, 0.2) is 11.0 Å². The van der Waals surface area contributed by atoms with E-state index in [2.05, 4.69) is 10.2 Å². The summed E-state index contributed by atoms with van der Waals surface area (Å²) in [5.41, 5.74) is 2.24. The zero-order chi connectivity index (χ0) is 23.2. The quantitative estimate of drug-likeness (QED) is 0.158. The minimum absolute atomic E-state index is 0.224. The normalized spacial score (nSPS) is 11.2. The zero-order valence-electron chi connectivity index (χ0n) is 18.4. The molecule has 4 rings (SSSR count). The summed E-state index contributed by atoms with van der Waals surface area (Å²) >= 11 is 7.92. The maximum absolute atomic E-state index is 12.5. The minimum atomic E-state index is -0.470. The molecule has 4 aromatic rings. The van der Waals surface area contributed by atoms with Gasteiger partial charge >= 0.3 is 5.97 Å². The molecule has 9 heteroatoms. The van der Waals surface area contributed by atoms with Crippen LogP contribution in [0.4, 0.5) is 0 Å². The maximum Gasteiger partial charge on any atom is 0.374 e. The van der Waals surface area contributed by atoms with Crippen molar-refractivity contribution in [2.24, 2.45) is 0 Å². The van der Waals surface area contributed by atoms with Gasteiger partial charge in [-0.05, 0) is 31.5 Å². The number of ether oxygens (including phenoxy) is 2. The third-order valence-corrected chi connectivity index (χ3v) is 6.39. The van der Waals surface area contributed by atoms with Crippen LogP contribution in [0, 0.1) is 0 Å². The Bertz CT molecular complexity index is 1250. The Hall–Kier alpha value is -2.81. The van der Waals surface area contributed by atoms with Crippen LogP contribution in [0.1, 0.15) is 29.5 Å². The van der Waals surface area contributed by atoms with Crippen LogP contribution in [0.15, 0.2) is 58.1 Å². The second-order valence-corrected chi connectivity index (χ2v) is 8.55. The third kappa shape index (κ3) is 5.08. The van der Waals surface area contributed by atoms with E-state index in [-0.39, 0.29) is 12.4 Å². The van der Waals surface area contributed by atoms with Crippen molar-refractivity contribution in [2.45, 2.75) is 30.8 Å². The first-order valence-electron chi connectivity index (χ1n) is 10.6. The molecule has 0 radical (unpaired) electrons. The summed E-state index contributed by atoms with van der Waals surface area (Å²) in [6, 6.07) is 15.1. The Balaban J connectivity index is 1.67. The SMILES string of the molecule is CCOC(=O)c1oc2ccccc2c1CSc1nnc(-c2ccccc2Cl)n1CCCOC. The molecule has 0 saturated heterocycles. The molecule has 33 heavy (non-hydrogen) atoms. The molecular weight excluding hydrogens is 462 g/mol. The van der Waals surface area contributed by atoms with Crippen LogP contribution in [0.5, 0.6) is 0 Å². The average molecular weight is 486 g/mol. The van der Waals surface area contributed by atoms with Crippen molar-refractivity contribution in [3.05, 3.63) is 64.9 Å². The lowest BCUT2D eigenvalue weighted by Gasteiger charge is -2.11. The number of rotatable bonds is 10. The Morgan fingerprint density at radius 2 is 1.94 bits per heavy atom. The zero-order valence-corrected chi connectivity index (χ0v) is 20.0. The van der Waals surface area contributed by atoms with Gasteiger partial charge in [0.1, 0.15) is 5.58 Å². The van der Waals surface area contributed by atoms with Crippen LogP contribution >= 0.6 is 23.4 Å². The minimum Gasteiger partial charge on any atom is -0.460 e. The van der Waals surface area contributed by atoms with Gasteiger partial charge in [-0.2, -0.15) is 0 Å². The maximum atomic E-state index is 12.5. The number of esters is 1. The summed E-state index contributed by atoms with van der Waals surface area (Å²) in [5.74, 6) is 0.919. The van der Waals surface area contributed by atoms with Crippen LogP contribution in [-0.2, 0) is 21.8 Å². The predicted molar refractivity (Wildman–Crippen MR) is 129 cm³/mol. The first kappa shape index (κ1) is 23.4.